The number of benzene rings is 1. The summed E-state index contributed by atoms with van der Waals surface area (Å²) in [5, 5.41) is 52.8. The molecule has 39 heavy (non-hydrogen) atoms. The van der Waals surface area contributed by atoms with Gasteiger partial charge in [-0.2, -0.15) is 0 Å². The lowest BCUT2D eigenvalue weighted by Gasteiger charge is -2.40. The van der Waals surface area contributed by atoms with Crippen molar-refractivity contribution in [3.63, 3.8) is 0 Å². The van der Waals surface area contributed by atoms with Crippen molar-refractivity contribution in [3.05, 3.63) is 29.8 Å². The molecule has 13 nitrogen and oxygen atoms in total. The van der Waals surface area contributed by atoms with Crippen molar-refractivity contribution in [1.82, 2.24) is 5.32 Å². The second-order valence-electron chi connectivity index (χ2n) is 9.14. The smallest absolute Gasteiger partial charge is 0.331 e. The van der Waals surface area contributed by atoms with Crippen LogP contribution in [0.4, 0.5) is 0 Å². The molecule has 1 aliphatic rings. The number of nitrogens with two attached hydrogens (primary N) is 1. The number of hydrogen-bond donors (Lipinski definition) is 7. The predicted molar refractivity (Wildman–Crippen MR) is 139 cm³/mol. The summed E-state index contributed by atoms with van der Waals surface area (Å²) in [6, 6.07) is 3.91. The number of aliphatic hydroxyl groups is 3. The van der Waals surface area contributed by atoms with Crippen molar-refractivity contribution in [1.29, 1.82) is 0 Å². The molecule has 0 heterocycles. The fourth-order valence-corrected chi connectivity index (χ4v) is 3.81. The molecule has 1 saturated carbocycles. The largest absolute Gasteiger partial charge is 0.504 e. The van der Waals surface area contributed by atoms with E-state index in [1.165, 1.54) is 24.3 Å². The number of phenols is 2. The first-order valence-electron chi connectivity index (χ1n) is 12.9. The summed E-state index contributed by atoms with van der Waals surface area (Å²) < 4.78 is 21.3. The number of phenolic OH excluding ortho intramolecular Hbond substituents is 2. The number of rotatable bonds is 17. The Bertz CT molecular complexity index is 929. The average Bonchev–Trinajstić information content (AvgIpc) is 2.90. The van der Waals surface area contributed by atoms with Crippen LogP contribution in [0.25, 0.3) is 6.08 Å². The molecule has 1 aromatic carbocycles. The van der Waals surface area contributed by atoms with Gasteiger partial charge in [0.2, 0.25) is 0 Å². The summed E-state index contributed by atoms with van der Waals surface area (Å²) >= 11 is 0. The van der Waals surface area contributed by atoms with Crippen molar-refractivity contribution < 1.29 is 54.1 Å². The highest BCUT2D eigenvalue weighted by Gasteiger charge is 2.50. The number of aromatic hydroxyl groups is 2. The van der Waals surface area contributed by atoms with E-state index in [0.717, 1.165) is 12.5 Å². The molecular formula is C26H40N2O11. The van der Waals surface area contributed by atoms with E-state index in [0.29, 0.717) is 58.2 Å². The third kappa shape index (κ3) is 11.5. The SMILES string of the molecule is NCCCOCCOCCOCCCNC(=O)C1(O)CC(O)C(O)C(OC(=O)C=Cc2ccc(O)c(O)c2)C1. The van der Waals surface area contributed by atoms with Crippen molar-refractivity contribution in [2.75, 3.05) is 52.7 Å². The summed E-state index contributed by atoms with van der Waals surface area (Å²) in [5.74, 6) is -2.35. The molecule has 0 aromatic heterocycles. The van der Waals surface area contributed by atoms with E-state index < -0.39 is 48.6 Å². The number of esters is 1. The number of hydrogen-bond acceptors (Lipinski definition) is 12. The Hall–Kier alpha value is -2.78. The van der Waals surface area contributed by atoms with Crippen LogP contribution in [0.1, 0.15) is 31.2 Å². The molecule has 220 valence electrons. The van der Waals surface area contributed by atoms with E-state index in [4.69, 9.17) is 24.7 Å². The lowest BCUT2D eigenvalue weighted by Crippen LogP contribution is -2.59. The highest BCUT2D eigenvalue weighted by Crippen LogP contribution is 2.31. The number of ether oxygens (including phenoxy) is 4. The molecule has 1 fully saturated rings. The van der Waals surface area contributed by atoms with Gasteiger partial charge >= 0.3 is 5.97 Å². The van der Waals surface area contributed by atoms with Gasteiger partial charge in [0, 0.05) is 38.7 Å². The monoisotopic (exact) mass is 556 g/mol. The average molecular weight is 557 g/mol. The Morgan fingerprint density at radius 3 is 2.26 bits per heavy atom. The molecule has 1 aromatic rings. The first kappa shape index (κ1) is 32.4. The van der Waals surface area contributed by atoms with Gasteiger partial charge in [0.25, 0.3) is 5.91 Å². The second-order valence-corrected chi connectivity index (χ2v) is 9.14. The van der Waals surface area contributed by atoms with Gasteiger partial charge in [0.05, 0.1) is 32.5 Å². The topological polar surface area (TPSA) is 210 Å². The molecule has 4 atom stereocenters. The molecular weight excluding hydrogens is 516 g/mol. The third-order valence-electron chi connectivity index (χ3n) is 5.95. The molecule has 8 N–H and O–H groups in total. The number of aliphatic hydroxyl groups excluding tert-OH is 2. The maximum Gasteiger partial charge on any atom is 0.331 e. The highest BCUT2D eigenvalue weighted by atomic mass is 16.6. The maximum atomic E-state index is 12.6. The van der Waals surface area contributed by atoms with Crippen LogP contribution in [0.3, 0.4) is 0 Å². The maximum absolute atomic E-state index is 12.6. The standard InChI is InChI=1S/C26H40N2O11/c27-7-1-9-36-11-13-38-14-12-37-10-2-8-28-25(34)26(35)16-21(31)24(33)22(17-26)39-23(32)6-4-18-3-5-19(29)20(30)15-18/h3-6,15,21-22,24,29-31,33,35H,1-2,7-14,16-17,27H2,(H,28,34). The summed E-state index contributed by atoms with van der Waals surface area (Å²) in [4.78, 5) is 24.9. The second kappa shape index (κ2) is 17.0. The molecule has 2 rings (SSSR count). The van der Waals surface area contributed by atoms with Gasteiger partial charge in [-0.25, -0.2) is 4.79 Å². The molecule has 4 unspecified atom stereocenters. The summed E-state index contributed by atoms with van der Waals surface area (Å²) in [6.07, 6.45) is -1.60. The van der Waals surface area contributed by atoms with E-state index in [1.807, 2.05) is 0 Å². The fraction of sp³-hybridized carbons (Fsp3) is 0.615. The molecule has 0 saturated heterocycles. The van der Waals surface area contributed by atoms with Crippen molar-refractivity contribution >= 4 is 18.0 Å². The van der Waals surface area contributed by atoms with Crippen molar-refractivity contribution in [2.45, 2.75) is 49.6 Å². The minimum absolute atomic E-state index is 0.197. The summed E-state index contributed by atoms with van der Waals surface area (Å²) in [7, 11) is 0. The number of carbonyl (C=O) groups excluding carboxylic acids is 2. The molecule has 0 radical (unpaired) electrons. The van der Waals surface area contributed by atoms with E-state index >= 15 is 0 Å². The van der Waals surface area contributed by atoms with Crippen LogP contribution in [-0.4, -0.2) is 114 Å². The zero-order valence-corrected chi connectivity index (χ0v) is 21.9. The first-order valence-corrected chi connectivity index (χ1v) is 12.9. The van der Waals surface area contributed by atoms with Gasteiger partial charge in [-0.15, -0.1) is 0 Å². The lowest BCUT2D eigenvalue weighted by molar-refractivity contribution is -0.187. The van der Waals surface area contributed by atoms with E-state index in [-0.39, 0.29) is 18.0 Å². The van der Waals surface area contributed by atoms with Crippen LogP contribution in [0, 0.1) is 0 Å². The van der Waals surface area contributed by atoms with Gasteiger partial charge in [-0.05, 0) is 43.2 Å². The number of amides is 1. The molecule has 1 amide bonds. The third-order valence-corrected chi connectivity index (χ3v) is 5.95. The highest BCUT2D eigenvalue weighted by molar-refractivity contribution is 5.88. The van der Waals surface area contributed by atoms with Gasteiger partial charge in [0.1, 0.15) is 17.8 Å². The molecule has 0 aliphatic heterocycles. The Morgan fingerprint density at radius 1 is 0.974 bits per heavy atom. The fourth-order valence-electron chi connectivity index (χ4n) is 3.81. The van der Waals surface area contributed by atoms with E-state index in [2.05, 4.69) is 5.32 Å². The van der Waals surface area contributed by atoms with Gasteiger partial charge in [-0.3, -0.25) is 4.79 Å². The van der Waals surface area contributed by atoms with Gasteiger partial charge in [0.15, 0.2) is 11.5 Å². The number of nitrogens with one attached hydrogen (secondary N) is 1. The summed E-state index contributed by atoms with van der Waals surface area (Å²) in [6.45, 7) is 3.46. The van der Waals surface area contributed by atoms with Crippen molar-refractivity contribution in [3.8, 4) is 11.5 Å². The minimum atomic E-state index is -2.06. The molecule has 0 spiro atoms. The van der Waals surface area contributed by atoms with Gasteiger partial charge < -0.3 is 55.5 Å². The zero-order valence-electron chi connectivity index (χ0n) is 21.9. The normalized spacial score (nSPS) is 23.1. The molecule has 13 heteroatoms. The van der Waals surface area contributed by atoms with Crippen LogP contribution in [0.5, 0.6) is 11.5 Å². The van der Waals surface area contributed by atoms with Crippen LogP contribution < -0.4 is 11.1 Å². The van der Waals surface area contributed by atoms with Crippen LogP contribution in [-0.2, 0) is 28.5 Å². The predicted octanol–water partition coefficient (Wildman–Crippen LogP) is -0.826. The lowest BCUT2D eigenvalue weighted by atomic mass is 9.79. The zero-order chi connectivity index (χ0) is 28.7. The first-order chi connectivity index (χ1) is 18.7. The van der Waals surface area contributed by atoms with Gasteiger partial charge in [-0.1, -0.05) is 6.07 Å². The Kier molecular flexibility index (Phi) is 14.2. The molecule has 0 bridgehead atoms. The number of carbonyl (C=O) groups is 2. The Labute approximate surface area is 227 Å². The van der Waals surface area contributed by atoms with E-state index in [1.54, 1.807) is 0 Å². The van der Waals surface area contributed by atoms with Crippen molar-refractivity contribution in [2.24, 2.45) is 5.73 Å². The molecule has 1 aliphatic carbocycles. The van der Waals surface area contributed by atoms with E-state index in [9.17, 15) is 35.1 Å². The Balaban J connectivity index is 1.70. The quantitative estimate of drug-likeness (QED) is 0.0543. The minimum Gasteiger partial charge on any atom is -0.504 e. The van der Waals surface area contributed by atoms with Crippen LogP contribution in [0.2, 0.25) is 0 Å². The summed E-state index contributed by atoms with van der Waals surface area (Å²) in [5.41, 5.74) is 3.70. The van der Waals surface area contributed by atoms with Crippen LogP contribution >= 0.6 is 0 Å². The van der Waals surface area contributed by atoms with Crippen LogP contribution in [0.15, 0.2) is 24.3 Å². The Morgan fingerprint density at radius 2 is 1.62 bits per heavy atom.